The van der Waals surface area contributed by atoms with Crippen LogP contribution >= 0.6 is 12.6 Å². The fourth-order valence-electron chi connectivity index (χ4n) is 2.28. The van der Waals surface area contributed by atoms with Gasteiger partial charge in [0.2, 0.25) is 0 Å². The number of hydrogen-bond acceptors (Lipinski definition) is 3. The molecule has 6 heteroatoms. The van der Waals surface area contributed by atoms with E-state index in [0.29, 0.717) is 23.6 Å². The van der Waals surface area contributed by atoms with Gasteiger partial charge in [-0.25, -0.2) is 13.8 Å². The zero-order valence-electron chi connectivity index (χ0n) is 11.1. The minimum atomic E-state index is -0.446. The van der Waals surface area contributed by atoms with Crippen molar-refractivity contribution in [3.63, 3.8) is 0 Å². The summed E-state index contributed by atoms with van der Waals surface area (Å²) in [7, 11) is 0. The fourth-order valence-corrected chi connectivity index (χ4v) is 2.58. The highest BCUT2D eigenvalue weighted by molar-refractivity contribution is 7.80. The highest BCUT2D eigenvalue weighted by atomic mass is 32.1. The highest BCUT2D eigenvalue weighted by Gasteiger charge is 2.17. The van der Waals surface area contributed by atoms with Crippen molar-refractivity contribution in [3.8, 4) is 0 Å². The zero-order chi connectivity index (χ0) is 14.8. The number of nitrogens with zero attached hydrogens (tertiary/aromatic N) is 2. The third kappa shape index (κ3) is 2.90. The lowest BCUT2D eigenvalue weighted by molar-refractivity contribution is 0.574. The van der Waals surface area contributed by atoms with Crippen molar-refractivity contribution in [3.05, 3.63) is 59.7 Å². The van der Waals surface area contributed by atoms with Crippen molar-refractivity contribution >= 4 is 23.7 Å². The van der Waals surface area contributed by atoms with Crippen LogP contribution in [-0.2, 0) is 6.42 Å². The third-order valence-electron chi connectivity index (χ3n) is 3.38. The van der Waals surface area contributed by atoms with Crippen molar-refractivity contribution in [1.82, 2.24) is 15.0 Å². The Labute approximate surface area is 125 Å². The first-order chi connectivity index (χ1) is 10.2. The number of nitrogens with one attached hydrogen (secondary N) is 1. The molecule has 3 nitrogen and oxygen atoms in total. The molecule has 0 aliphatic rings. The van der Waals surface area contributed by atoms with Gasteiger partial charge in [-0.15, -0.1) is 0 Å². The predicted molar refractivity (Wildman–Crippen MR) is 80.5 cm³/mol. The van der Waals surface area contributed by atoms with E-state index in [1.165, 1.54) is 6.07 Å². The van der Waals surface area contributed by atoms with Crippen LogP contribution < -0.4 is 0 Å². The molecule has 0 saturated heterocycles. The Morgan fingerprint density at radius 2 is 2.10 bits per heavy atom. The Balaban J connectivity index is 1.92. The average molecular weight is 305 g/mol. The summed E-state index contributed by atoms with van der Waals surface area (Å²) in [5, 5.41) is 0. The lowest BCUT2D eigenvalue weighted by Crippen LogP contribution is -2.08. The van der Waals surface area contributed by atoms with Gasteiger partial charge in [0.15, 0.2) is 0 Å². The molecule has 1 atom stereocenters. The number of imidazole rings is 1. The molecule has 2 heterocycles. The molecule has 21 heavy (non-hydrogen) atoms. The van der Waals surface area contributed by atoms with Crippen molar-refractivity contribution in [2.45, 2.75) is 12.3 Å². The van der Waals surface area contributed by atoms with Crippen LogP contribution in [-0.4, -0.2) is 20.7 Å². The first-order valence-electron chi connectivity index (χ1n) is 6.52. The van der Waals surface area contributed by atoms with Crippen LogP contribution in [0, 0.1) is 11.6 Å². The zero-order valence-corrected chi connectivity index (χ0v) is 11.9. The summed E-state index contributed by atoms with van der Waals surface area (Å²) in [6.07, 6.45) is 3.68. The van der Waals surface area contributed by atoms with E-state index in [1.54, 1.807) is 18.5 Å². The van der Waals surface area contributed by atoms with Gasteiger partial charge in [-0.2, -0.15) is 12.6 Å². The molecule has 0 saturated carbocycles. The molecule has 0 amide bonds. The molecule has 0 aliphatic carbocycles. The number of rotatable bonds is 4. The smallest absolute Gasteiger partial charge is 0.126 e. The molecule has 108 valence electrons. The number of aromatic amines is 1. The van der Waals surface area contributed by atoms with Crippen LogP contribution in [0.3, 0.4) is 0 Å². The fraction of sp³-hybridized carbons (Fsp3) is 0.200. The van der Waals surface area contributed by atoms with Crippen LogP contribution in [0.25, 0.3) is 11.0 Å². The first kappa shape index (κ1) is 14.0. The lowest BCUT2D eigenvalue weighted by Gasteiger charge is -2.12. The minimum Gasteiger partial charge on any atom is -0.340 e. The molecule has 1 aromatic carbocycles. The number of pyridine rings is 1. The Hall–Kier alpha value is -1.95. The molecular weight excluding hydrogens is 292 g/mol. The van der Waals surface area contributed by atoms with E-state index >= 15 is 0 Å². The normalized spacial score (nSPS) is 12.7. The van der Waals surface area contributed by atoms with E-state index in [2.05, 4.69) is 27.6 Å². The predicted octanol–water partition coefficient (Wildman–Crippen LogP) is 3.49. The molecule has 1 N–H and O–H groups in total. The van der Waals surface area contributed by atoms with Crippen LogP contribution in [0.1, 0.15) is 17.3 Å². The molecular formula is C15H13F2N3S. The Morgan fingerprint density at radius 3 is 2.86 bits per heavy atom. The molecule has 0 unspecified atom stereocenters. The molecule has 0 fully saturated rings. The van der Waals surface area contributed by atoms with E-state index in [4.69, 9.17) is 0 Å². The molecule has 3 rings (SSSR count). The number of fused-ring (bicyclic) bond motifs is 1. The first-order valence-corrected chi connectivity index (χ1v) is 7.15. The summed E-state index contributed by atoms with van der Waals surface area (Å²) < 4.78 is 27.0. The summed E-state index contributed by atoms with van der Waals surface area (Å²) in [5.41, 5.74) is 1.94. The van der Waals surface area contributed by atoms with Gasteiger partial charge in [0.05, 0.1) is 17.2 Å². The second-order valence-electron chi connectivity index (χ2n) is 4.83. The molecule has 0 bridgehead atoms. The van der Waals surface area contributed by atoms with Gasteiger partial charge in [0, 0.05) is 17.9 Å². The maximum absolute atomic E-state index is 13.8. The van der Waals surface area contributed by atoms with Gasteiger partial charge < -0.3 is 4.98 Å². The Bertz CT molecular complexity index is 739. The third-order valence-corrected chi connectivity index (χ3v) is 3.82. The van der Waals surface area contributed by atoms with Gasteiger partial charge >= 0.3 is 0 Å². The molecule has 0 aliphatic heterocycles. The summed E-state index contributed by atoms with van der Waals surface area (Å²) in [4.78, 5) is 11.7. The summed E-state index contributed by atoms with van der Waals surface area (Å²) in [5.74, 6) is 0.191. The maximum Gasteiger partial charge on any atom is 0.126 e. The van der Waals surface area contributed by atoms with E-state index in [9.17, 15) is 8.78 Å². The van der Waals surface area contributed by atoms with Gasteiger partial charge in [-0.1, -0.05) is 0 Å². The monoisotopic (exact) mass is 305 g/mol. The number of halogens is 2. The lowest BCUT2D eigenvalue weighted by atomic mass is 10.00. The summed E-state index contributed by atoms with van der Waals surface area (Å²) in [6.45, 7) is 0. The van der Waals surface area contributed by atoms with Gasteiger partial charge in [0.25, 0.3) is 0 Å². The van der Waals surface area contributed by atoms with Crippen molar-refractivity contribution in [2.75, 3.05) is 5.75 Å². The van der Waals surface area contributed by atoms with E-state index in [1.807, 2.05) is 0 Å². The molecule has 3 aromatic rings. The highest BCUT2D eigenvalue weighted by Crippen LogP contribution is 2.24. The number of benzene rings is 1. The number of H-pyrrole nitrogens is 1. The summed E-state index contributed by atoms with van der Waals surface area (Å²) in [6, 6.07) is 5.27. The maximum atomic E-state index is 13.8. The second kappa shape index (κ2) is 5.81. The minimum absolute atomic E-state index is 0.128. The number of thiol groups is 1. The van der Waals surface area contributed by atoms with Crippen LogP contribution in [0.2, 0.25) is 0 Å². The number of aromatic nitrogens is 3. The van der Waals surface area contributed by atoms with E-state index in [-0.39, 0.29) is 5.92 Å². The SMILES string of the molecule is Fc1ccc(F)c(C[C@H](CS)c2nc3ccncc3[nH]2)c1. The van der Waals surface area contributed by atoms with Gasteiger partial charge in [-0.05, 0) is 36.2 Å². The van der Waals surface area contributed by atoms with E-state index in [0.717, 1.165) is 23.2 Å². The van der Waals surface area contributed by atoms with Crippen LogP contribution in [0.5, 0.6) is 0 Å². The largest absolute Gasteiger partial charge is 0.340 e. The second-order valence-corrected chi connectivity index (χ2v) is 5.20. The van der Waals surface area contributed by atoms with E-state index < -0.39 is 11.6 Å². The molecule has 2 aromatic heterocycles. The van der Waals surface area contributed by atoms with Crippen molar-refractivity contribution in [1.29, 1.82) is 0 Å². The van der Waals surface area contributed by atoms with Crippen LogP contribution in [0.4, 0.5) is 8.78 Å². The van der Waals surface area contributed by atoms with Crippen LogP contribution in [0.15, 0.2) is 36.7 Å². The van der Waals surface area contributed by atoms with Gasteiger partial charge in [-0.3, -0.25) is 4.98 Å². The average Bonchev–Trinajstić information content (AvgIpc) is 2.91. The standard InChI is InChI=1S/C15H13F2N3S/c16-11-1-2-12(17)9(6-11)5-10(8-21)15-19-13-3-4-18-7-14(13)20-15/h1-4,6-7,10,21H,5,8H2,(H,19,20)/t10-/m1/s1. The quantitative estimate of drug-likeness (QED) is 0.725. The van der Waals surface area contributed by atoms with Crippen molar-refractivity contribution in [2.24, 2.45) is 0 Å². The Kier molecular flexibility index (Phi) is 3.88. The molecule has 0 radical (unpaired) electrons. The molecule has 0 spiro atoms. The Morgan fingerprint density at radius 1 is 1.24 bits per heavy atom. The topological polar surface area (TPSA) is 41.6 Å². The summed E-state index contributed by atoms with van der Waals surface area (Å²) >= 11 is 4.31. The number of hydrogen-bond donors (Lipinski definition) is 2. The van der Waals surface area contributed by atoms with Crippen molar-refractivity contribution < 1.29 is 8.78 Å². The van der Waals surface area contributed by atoms with Gasteiger partial charge in [0.1, 0.15) is 17.5 Å².